The first-order valence-electron chi connectivity index (χ1n) is 20.1. The Labute approximate surface area is 358 Å². The highest BCUT2D eigenvalue weighted by atomic mass is 32.2. The Morgan fingerprint density at radius 1 is 0.867 bits per heavy atom. The van der Waals surface area contributed by atoms with Gasteiger partial charge < -0.3 is 15.8 Å². The van der Waals surface area contributed by atoms with E-state index in [1.807, 2.05) is 26.8 Å². The van der Waals surface area contributed by atoms with Crippen molar-refractivity contribution in [3.05, 3.63) is 130 Å². The van der Waals surface area contributed by atoms with Gasteiger partial charge in [0.15, 0.2) is 0 Å². The van der Waals surface area contributed by atoms with Crippen molar-refractivity contribution in [3.8, 4) is 5.75 Å². The van der Waals surface area contributed by atoms with Gasteiger partial charge in [-0.2, -0.15) is 4.99 Å². The van der Waals surface area contributed by atoms with E-state index in [1.165, 1.54) is 58.8 Å². The van der Waals surface area contributed by atoms with Crippen molar-refractivity contribution in [3.63, 3.8) is 0 Å². The highest BCUT2D eigenvalue weighted by molar-refractivity contribution is 8.14. The molecule has 1 unspecified atom stereocenters. The smallest absolute Gasteiger partial charge is 0.406 e. The number of unbranched alkanes of at least 4 members (excludes halogenated alkanes) is 1. The molecule has 330 valence electrons. The number of ether oxygens (including phenoxy) is 1. The van der Waals surface area contributed by atoms with Crippen LogP contribution in [0.4, 0.5) is 32.4 Å². The quantitative estimate of drug-likeness (QED) is 0.0838. The lowest BCUT2D eigenvalue weighted by Crippen LogP contribution is -2.16. The molecule has 7 nitrogen and oxygen atoms in total. The molecule has 13 heteroatoms. The fraction of sp³-hybridized carbons (Fsp3) is 0.404. The molecule has 0 bridgehead atoms. The number of carbonyl (C=O) groups is 2. The minimum absolute atomic E-state index is 0.00896. The largest absolute Gasteiger partial charge is 0.573 e. The van der Waals surface area contributed by atoms with Crippen molar-refractivity contribution >= 4 is 40.5 Å². The number of benzene rings is 4. The first kappa shape index (κ1) is 55.1. The van der Waals surface area contributed by atoms with Crippen LogP contribution in [0.3, 0.4) is 0 Å². The van der Waals surface area contributed by atoms with Gasteiger partial charge in [-0.15, -0.1) is 24.9 Å². The van der Waals surface area contributed by atoms with E-state index in [0.717, 1.165) is 43.2 Å². The van der Waals surface area contributed by atoms with Gasteiger partial charge in [0.2, 0.25) is 0 Å². The maximum atomic E-state index is 14.2. The van der Waals surface area contributed by atoms with E-state index in [-0.39, 0.29) is 28.8 Å². The van der Waals surface area contributed by atoms with E-state index < -0.39 is 24.4 Å². The van der Waals surface area contributed by atoms with Crippen LogP contribution in [0.2, 0.25) is 0 Å². The van der Waals surface area contributed by atoms with E-state index >= 15 is 0 Å². The van der Waals surface area contributed by atoms with Gasteiger partial charge >= 0.3 is 12.4 Å². The SMILES string of the molecule is CC.CCC/C=N\C(N)c1ccc(NC(=O)/N=C(/C)SCC(=O)CC)c(F)c1.CCCc1cccc(F)c1.CCc1ccc(C)cc1C.Cc1ccc(OC(F)(F)F)cc1. The average Bonchev–Trinajstić information content (AvgIpc) is 3.20. The number of ketones is 1. The summed E-state index contributed by atoms with van der Waals surface area (Å²) in [6.45, 7) is 19.8. The minimum Gasteiger partial charge on any atom is -0.406 e. The third-order valence-electron chi connectivity index (χ3n) is 7.92. The van der Waals surface area contributed by atoms with Crippen LogP contribution in [0.25, 0.3) is 0 Å². The number of Topliss-reactive ketones (excluding diaryl/α,β-unsaturated/α-hetero) is 1. The van der Waals surface area contributed by atoms with Crippen LogP contribution in [0, 0.1) is 32.4 Å². The second-order valence-corrected chi connectivity index (χ2v) is 14.2. The summed E-state index contributed by atoms with van der Waals surface area (Å²) in [5.74, 6) is -0.597. The number of amides is 2. The van der Waals surface area contributed by atoms with Crippen molar-refractivity contribution in [1.29, 1.82) is 0 Å². The molecular formula is C47H63F5N4O3S. The number of aliphatic imine (C=N–C) groups is 2. The third-order valence-corrected chi connectivity index (χ3v) is 8.89. The number of nitrogens with one attached hydrogen (secondary N) is 1. The molecule has 0 saturated heterocycles. The number of nitrogens with zero attached hydrogens (tertiary/aromatic N) is 2. The predicted molar refractivity (Wildman–Crippen MR) is 242 cm³/mol. The normalized spacial score (nSPS) is 11.3. The summed E-state index contributed by atoms with van der Waals surface area (Å²) in [6.07, 6.45) is 1.87. The number of aryl methyl sites for hydroxylation is 5. The van der Waals surface area contributed by atoms with Gasteiger partial charge in [0, 0.05) is 12.6 Å². The number of urea groups is 1. The fourth-order valence-corrected chi connectivity index (χ4v) is 5.51. The number of thioether (sulfide) groups is 1. The molecule has 4 aromatic rings. The third kappa shape index (κ3) is 25.6. The van der Waals surface area contributed by atoms with Gasteiger partial charge in [0.05, 0.1) is 16.5 Å². The molecule has 0 aromatic heterocycles. The van der Waals surface area contributed by atoms with Crippen molar-refractivity contribution in [2.75, 3.05) is 11.1 Å². The number of hydrogen-bond donors (Lipinski definition) is 2. The molecule has 0 spiro atoms. The number of halogens is 5. The monoisotopic (exact) mass is 858 g/mol. The van der Waals surface area contributed by atoms with Gasteiger partial charge in [-0.1, -0.05) is 114 Å². The van der Waals surface area contributed by atoms with E-state index in [4.69, 9.17) is 5.73 Å². The molecule has 4 aromatic carbocycles. The predicted octanol–water partition coefficient (Wildman–Crippen LogP) is 13.9. The number of hydrogen-bond acceptors (Lipinski definition) is 6. The highest BCUT2D eigenvalue weighted by Crippen LogP contribution is 2.23. The van der Waals surface area contributed by atoms with Gasteiger partial charge in [-0.25, -0.2) is 13.6 Å². The lowest BCUT2D eigenvalue weighted by atomic mass is 10.0. The molecule has 1 atom stereocenters. The Morgan fingerprint density at radius 3 is 2.05 bits per heavy atom. The van der Waals surface area contributed by atoms with Crippen LogP contribution in [0.1, 0.15) is 114 Å². The molecule has 0 aliphatic heterocycles. The molecule has 3 N–H and O–H groups in total. The first-order chi connectivity index (χ1) is 28.4. The summed E-state index contributed by atoms with van der Waals surface area (Å²) in [7, 11) is 0. The summed E-state index contributed by atoms with van der Waals surface area (Å²) in [5, 5.41) is 2.82. The van der Waals surface area contributed by atoms with Crippen LogP contribution in [-0.2, 0) is 17.6 Å². The van der Waals surface area contributed by atoms with Crippen molar-refractivity contribution < 1.29 is 36.3 Å². The average molecular weight is 859 g/mol. The molecular weight excluding hydrogens is 796 g/mol. The first-order valence-corrected chi connectivity index (χ1v) is 21.1. The van der Waals surface area contributed by atoms with E-state index in [1.54, 1.807) is 57.3 Å². The summed E-state index contributed by atoms with van der Waals surface area (Å²) in [4.78, 5) is 31.1. The highest BCUT2D eigenvalue weighted by Gasteiger charge is 2.30. The van der Waals surface area contributed by atoms with E-state index in [0.29, 0.717) is 17.0 Å². The van der Waals surface area contributed by atoms with Crippen LogP contribution >= 0.6 is 11.8 Å². The van der Waals surface area contributed by atoms with Crippen LogP contribution < -0.4 is 15.8 Å². The molecule has 4 rings (SSSR count). The number of anilines is 1. The molecule has 0 saturated carbocycles. The van der Waals surface area contributed by atoms with Crippen molar-refractivity contribution in [2.45, 2.75) is 120 Å². The number of nitrogens with two attached hydrogens (primary N) is 1. The Balaban J connectivity index is 0.000000845. The van der Waals surface area contributed by atoms with Crippen molar-refractivity contribution in [1.82, 2.24) is 0 Å². The summed E-state index contributed by atoms with van der Waals surface area (Å²) in [5.41, 5.74) is 12.6. The molecule has 0 aliphatic rings. The molecule has 0 radical (unpaired) electrons. The molecule has 0 fully saturated rings. The van der Waals surface area contributed by atoms with Gasteiger partial charge in [0.1, 0.15) is 29.3 Å². The Hall–Kier alpha value is -4.88. The summed E-state index contributed by atoms with van der Waals surface area (Å²) >= 11 is 1.18. The van der Waals surface area contributed by atoms with Crippen LogP contribution in [0.15, 0.2) is 94.9 Å². The van der Waals surface area contributed by atoms with Gasteiger partial charge in [-0.3, -0.25) is 9.79 Å². The maximum Gasteiger partial charge on any atom is 0.573 e. The zero-order valence-corrected chi connectivity index (χ0v) is 37.5. The number of alkyl halides is 3. The van der Waals surface area contributed by atoms with Crippen molar-refractivity contribution in [2.24, 2.45) is 15.7 Å². The molecule has 60 heavy (non-hydrogen) atoms. The lowest BCUT2D eigenvalue weighted by Gasteiger charge is -2.10. The summed E-state index contributed by atoms with van der Waals surface area (Å²) < 4.78 is 65.2. The second kappa shape index (κ2) is 31.1. The second-order valence-electron chi connectivity index (χ2n) is 13.1. The van der Waals surface area contributed by atoms with Crippen LogP contribution in [0.5, 0.6) is 5.75 Å². The molecule has 2 amide bonds. The maximum absolute atomic E-state index is 14.2. The Morgan fingerprint density at radius 2 is 1.52 bits per heavy atom. The standard InChI is InChI=1S/C18H25FN4O2S.C10H14.C9H11F.C8H7F3O.C2H6/c1-4-6-9-21-17(20)13-7-8-16(15(19)10-13)23-18(25)22-12(3)26-11-14(24)5-2;1-4-10-6-5-8(2)7-9(10)3;1-2-4-8-5-3-6-9(10)7-8;1-6-2-4-7(5-3-6)12-8(9,10)11;1-2/h7-10,17H,4-6,11,20H2,1-3H3,(H,23,25);5-7H,4H2,1-3H3;3,5-7H,2,4H2,1H3;2-5H,1H3;1-2H3/b21-9-,22-12-;;;;. The van der Waals surface area contributed by atoms with Crippen LogP contribution in [-0.4, -0.2) is 35.2 Å². The molecule has 0 heterocycles. The topological polar surface area (TPSA) is 106 Å². The minimum atomic E-state index is -4.60. The number of carbonyl (C=O) groups excluding carboxylic acids is 2. The lowest BCUT2D eigenvalue weighted by molar-refractivity contribution is -0.274. The van der Waals surface area contributed by atoms with E-state index in [2.05, 4.69) is 65.9 Å². The Kier molecular flexibility index (Phi) is 28.5. The molecule has 0 aliphatic carbocycles. The van der Waals surface area contributed by atoms with E-state index in [9.17, 15) is 31.5 Å². The zero-order chi connectivity index (χ0) is 45.7. The summed E-state index contributed by atoms with van der Waals surface area (Å²) in [6, 6.07) is 22.6. The fourth-order valence-electron chi connectivity index (χ4n) is 4.79. The Bertz CT molecular complexity index is 1900. The van der Waals surface area contributed by atoms with Gasteiger partial charge in [-0.05, 0) is 106 Å². The van der Waals surface area contributed by atoms with Gasteiger partial charge in [0.25, 0.3) is 0 Å². The number of rotatable bonds is 12. The zero-order valence-electron chi connectivity index (χ0n) is 36.7.